The van der Waals surface area contributed by atoms with E-state index in [-0.39, 0.29) is 11.2 Å². The zero-order chi connectivity index (χ0) is 15.6. The van der Waals surface area contributed by atoms with Crippen LogP contribution in [-0.4, -0.2) is 40.4 Å². The number of aromatic nitrogens is 3. The molecule has 1 amide bonds. The van der Waals surface area contributed by atoms with E-state index >= 15 is 0 Å². The van der Waals surface area contributed by atoms with Crippen molar-refractivity contribution in [3.8, 4) is 0 Å². The molecule has 8 heteroatoms. The predicted octanol–water partition coefficient (Wildman–Crippen LogP) is 0.672. The van der Waals surface area contributed by atoms with Crippen molar-refractivity contribution in [2.45, 2.75) is 56.0 Å². The van der Waals surface area contributed by atoms with Crippen molar-refractivity contribution in [2.75, 3.05) is 0 Å². The fourth-order valence-corrected chi connectivity index (χ4v) is 3.94. The van der Waals surface area contributed by atoms with Gasteiger partial charge in [-0.1, -0.05) is 19.8 Å². The Bertz CT molecular complexity index is 611. The Balaban J connectivity index is 2.10. The second-order valence-corrected chi connectivity index (χ2v) is 7.95. The minimum Gasteiger partial charge on any atom is -0.352 e. The highest BCUT2D eigenvalue weighted by atomic mass is 32.2. The number of hydrogen-bond acceptors (Lipinski definition) is 5. The molecule has 0 aromatic carbocycles. The Morgan fingerprint density at radius 1 is 1.43 bits per heavy atom. The van der Waals surface area contributed by atoms with Gasteiger partial charge in [0.25, 0.3) is 0 Å². The number of rotatable bonds is 4. The summed E-state index contributed by atoms with van der Waals surface area (Å²) in [5.41, 5.74) is 0. The lowest BCUT2D eigenvalue weighted by Gasteiger charge is -2.30. The molecule has 2 rings (SSSR count). The van der Waals surface area contributed by atoms with Crippen molar-refractivity contribution in [3.05, 3.63) is 6.33 Å². The molecule has 1 heterocycles. The summed E-state index contributed by atoms with van der Waals surface area (Å²) in [5.74, 6) is -0.0795. The molecule has 0 unspecified atom stereocenters. The van der Waals surface area contributed by atoms with Gasteiger partial charge >= 0.3 is 0 Å². The van der Waals surface area contributed by atoms with Gasteiger partial charge in [-0.3, -0.25) is 4.79 Å². The van der Waals surface area contributed by atoms with Gasteiger partial charge in [-0.05, 0) is 25.7 Å². The van der Waals surface area contributed by atoms with Crippen LogP contribution in [0.2, 0.25) is 0 Å². The summed E-state index contributed by atoms with van der Waals surface area (Å²) in [4.78, 5) is 12.3. The fraction of sp³-hybridized carbons (Fsp3) is 0.769. The van der Waals surface area contributed by atoms with Gasteiger partial charge < -0.3 is 9.88 Å². The van der Waals surface area contributed by atoms with Gasteiger partial charge in [0, 0.05) is 13.1 Å². The maximum atomic E-state index is 12.4. The van der Waals surface area contributed by atoms with Gasteiger partial charge in [0.05, 0.1) is 0 Å². The quantitative estimate of drug-likeness (QED) is 0.881. The largest absolute Gasteiger partial charge is 0.352 e. The van der Waals surface area contributed by atoms with E-state index in [0.717, 1.165) is 19.3 Å². The van der Waals surface area contributed by atoms with Gasteiger partial charge in [0.2, 0.25) is 20.9 Å². The fourth-order valence-electron chi connectivity index (χ4n) is 2.66. The summed E-state index contributed by atoms with van der Waals surface area (Å²) in [6, 6.07) is 0.0587. The van der Waals surface area contributed by atoms with E-state index in [9.17, 15) is 13.2 Å². The molecule has 0 saturated heterocycles. The molecule has 7 nitrogen and oxygen atoms in total. The van der Waals surface area contributed by atoms with E-state index in [1.54, 1.807) is 7.05 Å². The summed E-state index contributed by atoms with van der Waals surface area (Å²) >= 11 is 0. The molecule has 0 aliphatic heterocycles. The van der Waals surface area contributed by atoms with E-state index in [1.165, 1.54) is 24.2 Å². The highest BCUT2D eigenvalue weighted by Crippen LogP contribution is 2.24. The lowest BCUT2D eigenvalue weighted by atomic mass is 9.86. The Hall–Kier alpha value is -1.44. The Kier molecular flexibility index (Phi) is 4.65. The van der Waals surface area contributed by atoms with E-state index in [4.69, 9.17) is 0 Å². The zero-order valence-corrected chi connectivity index (χ0v) is 13.4. The monoisotopic (exact) mass is 314 g/mol. The van der Waals surface area contributed by atoms with E-state index in [2.05, 4.69) is 22.4 Å². The number of nitrogens with zero attached hydrogens (tertiary/aromatic N) is 3. The number of hydrogen-bond donors (Lipinski definition) is 1. The Labute approximate surface area is 125 Å². The van der Waals surface area contributed by atoms with Crippen molar-refractivity contribution in [1.82, 2.24) is 20.1 Å². The number of carbonyl (C=O) groups excluding carboxylic acids is 1. The van der Waals surface area contributed by atoms with Gasteiger partial charge in [0.1, 0.15) is 11.6 Å². The lowest BCUT2D eigenvalue weighted by Crippen LogP contribution is -2.47. The van der Waals surface area contributed by atoms with E-state index < -0.39 is 21.0 Å². The Morgan fingerprint density at radius 3 is 2.67 bits per heavy atom. The van der Waals surface area contributed by atoms with Crippen LogP contribution in [0.5, 0.6) is 0 Å². The second-order valence-electron chi connectivity index (χ2n) is 5.79. The van der Waals surface area contributed by atoms with Crippen LogP contribution < -0.4 is 5.32 Å². The third kappa shape index (κ3) is 3.25. The van der Waals surface area contributed by atoms with Crippen molar-refractivity contribution >= 4 is 15.7 Å². The highest BCUT2D eigenvalue weighted by Gasteiger charge is 2.35. The van der Waals surface area contributed by atoms with Crippen LogP contribution in [0.15, 0.2) is 11.5 Å². The molecule has 118 valence electrons. The van der Waals surface area contributed by atoms with Gasteiger partial charge in [0.15, 0.2) is 0 Å². The third-order valence-corrected chi connectivity index (χ3v) is 6.22. The summed E-state index contributed by atoms with van der Waals surface area (Å²) in [7, 11) is -2.27. The van der Waals surface area contributed by atoms with Crippen molar-refractivity contribution in [2.24, 2.45) is 13.0 Å². The lowest BCUT2D eigenvalue weighted by molar-refractivity contribution is -0.121. The first-order valence-electron chi connectivity index (χ1n) is 7.22. The Morgan fingerprint density at radius 2 is 2.10 bits per heavy atom. The van der Waals surface area contributed by atoms with E-state index in [0.29, 0.717) is 5.92 Å². The molecular weight excluding hydrogens is 292 g/mol. The molecule has 1 aromatic rings. The minimum atomic E-state index is -3.82. The molecule has 21 heavy (non-hydrogen) atoms. The first-order valence-corrected chi connectivity index (χ1v) is 8.77. The smallest absolute Gasteiger partial charge is 0.250 e. The first kappa shape index (κ1) is 15.9. The predicted molar refractivity (Wildman–Crippen MR) is 77.2 cm³/mol. The third-order valence-electron chi connectivity index (χ3n) is 4.20. The zero-order valence-electron chi connectivity index (χ0n) is 12.6. The van der Waals surface area contributed by atoms with Gasteiger partial charge in [-0.25, -0.2) is 8.42 Å². The molecule has 1 N–H and O–H groups in total. The normalized spacial score (nSPS) is 24.5. The van der Waals surface area contributed by atoms with Crippen molar-refractivity contribution in [1.29, 1.82) is 0 Å². The summed E-state index contributed by atoms with van der Waals surface area (Å²) in [6.45, 7) is 3.48. The molecule has 3 atom stereocenters. The van der Waals surface area contributed by atoms with Crippen LogP contribution in [0.3, 0.4) is 0 Å². The molecule has 1 aliphatic rings. The molecule has 1 saturated carbocycles. The van der Waals surface area contributed by atoms with Crippen molar-refractivity contribution < 1.29 is 13.2 Å². The summed E-state index contributed by atoms with van der Waals surface area (Å²) in [6.07, 6.45) is 5.51. The molecule has 0 spiro atoms. The van der Waals surface area contributed by atoms with Crippen LogP contribution in [0.1, 0.15) is 39.5 Å². The summed E-state index contributed by atoms with van der Waals surface area (Å²) in [5, 5.41) is 8.69. The molecule has 1 aliphatic carbocycles. The standard InChI is InChI=1S/C13H22N4O3S/c1-9-6-4-5-7-11(9)15-12(18)10(2)21(19,20)13-16-14-8-17(13)3/h8-11H,4-7H2,1-3H3,(H,15,18)/t9-,10+,11-/m1/s1. The molecule has 0 radical (unpaired) electrons. The van der Waals surface area contributed by atoms with Crippen LogP contribution in [0.25, 0.3) is 0 Å². The highest BCUT2D eigenvalue weighted by molar-refractivity contribution is 7.92. The van der Waals surface area contributed by atoms with Gasteiger partial charge in [-0.15, -0.1) is 10.2 Å². The molecule has 1 fully saturated rings. The number of carbonyl (C=O) groups is 1. The van der Waals surface area contributed by atoms with E-state index in [1.807, 2.05) is 0 Å². The van der Waals surface area contributed by atoms with Crippen LogP contribution in [0.4, 0.5) is 0 Å². The van der Waals surface area contributed by atoms with Gasteiger partial charge in [-0.2, -0.15) is 0 Å². The molecule has 0 bridgehead atoms. The molecule has 1 aromatic heterocycles. The SMILES string of the molecule is C[C@@H]1CCCC[C@H]1NC(=O)[C@H](C)S(=O)(=O)c1nncn1C. The number of nitrogens with one attached hydrogen (secondary N) is 1. The number of sulfone groups is 1. The maximum Gasteiger partial charge on any atom is 0.250 e. The van der Waals surface area contributed by atoms with Crippen LogP contribution in [0, 0.1) is 5.92 Å². The first-order chi connectivity index (χ1) is 9.84. The average Bonchev–Trinajstić information content (AvgIpc) is 2.87. The average molecular weight is 314 g/mol. The summed E-state index contributed by atoms with van der Waals surface area (Å²) < 4.78 is 26.1. The second kappa shape index (κ2) is 6.13. The molecular formula is C13H22N4O3S. The minimum absolute atomic E-state index is 0.0587. The van der Waals surface area contributed by atoms with Crippen molar-refractivity contribution in [3.63, 3.8) is 0 Å². The van der Waals surface area contributed by atoms with Crippen LogP contribution in [-0.2, 0) is 21.7 Å². The number of amides is 1. The maximum absolute atomic E-state index is 12.4. The van der Waals surface area contributed by atoms with Crippen LogP contribution >= 0.6 is 0 Å². The topological polar surface area (TPSA) is 93.9 Å². The number of aryl methyl sites for hydroxylation is 1.